The van der Waals surface area contributed by atoms with Gasteiger partial charge < -0.3 is 14.3 Å². The Balaban J connectivity index is 1.63. The fourth-order valence-corrected chi connectivity index (χ4v) is 3.52. The number of ketones is 1. The van der Waals surface area contributed by atoms with Crippen LogP contribution in [0.1, 0.15) is 54.9 Å². The molecule has 0 bridgehead atoms. The number of nitrogens with zero attached hydrogens (tertiary/aromatic N) is 1. The van der Waals surface area contributed by atoms with Crippen molar-refractivity contribution in [3.8, 4) is 5.75 Å². The fraction of sp³-hybridized carbons (Fsp3) is 0.370. The molecule has 0 fully saturated rings. The topological polar surface area (TPSA) is 62.9 Å². The molecular formula is C27H33NO4. The molecule has 0 amide bonds. The Labute approximate surface area is 190 Å². The van der Waals surface area contributed by atoms with Crippen molar-refractivity contribution in [1.29, 1.82) is 0 Å². The maximum Gasteiger partial charge on any atom is 0.159 e. The van der Waals surface area contributed by atoms with Gasteiger partial charge in [-0.15, -0.1) is 0 Å². The van der Waals surface area contributed by atoms with Gasteiger partial charge >= 0.3 is 0 Å². The normalized spacial score (nSPS) is 12.7. The van der Waals surface area contributed by atoms with Crippen molar-refractivity contribution in [2.45, 2.75) is 52.3 Å². The molecule has 1 atom stereocenters. The van der Waals surface area contributed by atoms with Crippen molar-refractivity contribution in [2.24, 2.45) is 0 Å². The summed E-state index contributed by atoms with van der Waals surface area (Å²) in [5, 5.41) is 10.7. The van der Waals surface area contributed by atoms with Crippen molar-refractivity contribution < 1.29 is 19.1 Å². The molecule has 170 valence electrons. The van der Waals surface area contributed by atoms with E-state index in [0.29, 0.717) is 30.9 Å². The number of carbonyl (C=O) groups excluding carboxylic acids is 1. The molecule has 1 N–H and O–H groups in total. The summed E-state index contributed by atoms with van der Waals surface area (Å²) < 4.78 is 11.3. The molecule has 0 aliphatic heterocycles. The zero-order chi connectivity index (χ0) is 23.1. The SMILES string of the molecule is CC(=O)c1cccc(OCC(O)CN(Cc2ccc(C(C)(C)C)cc2)Cc2ccco2)c1. The summed E-state index contributed by atoms with van der Waals surface area (Å²) >= 11 is 0. The van der Waals surface area contributed by atoms with Crippen LogP contribution >= 0.6 is 0 Å². The first-order valence-corrected chi connectivity index (χ1v) is 11.0. The number of ether oxygens (including phenoxy) is 1. The second kappa shape index (κ2) is 10.6. The summed E-state index contributed by atoms with van der Waals surface area (Å²) in [7, 11) is 0. The first-order valence-electron chi connectivity index (χ1n) is 11.0. The number of Topliss-reactive ketones (excluding diaryl/α,β-unsaturated/α-hetero) is 1. The Morgan fingerprint density at radius 3 is 2.44 bits per heavy atom. The number of benzene rings is 2. The third-order valence-electron chi connectivity index (χ3n) is 5.34. The summed E-state index contributed by atoms with van der Waals surface area (Å²) in [6.45, 7) is 9.96. The lowest BCUT2D eigenvalue weighted by Crippen LogP contribution is -2.35. The van der Waals surface area contributed by atoms with E-state index in [-0.39, 0.29) is 17.8 Å². The summed E-state index contributed by atoms with van der Waals surface area (Å²) in [6, 6.07) is 19.5. The molecule has 3 aromatic rings. The molecule has 5 nitrogen and oxygen atoms in total. The van der Waals surface area contributed by atoms with Gasteiger partial charge in [-0.2, -0.15) is 0 Å². The largest absolute Gasteiger partial charge is 0.491 e. The molecule has 1 heterocycles. The monoisotopic (exact) mass is 435 g/mol. The van der Waals surface area contributed by atoms with Crippen molar-refractivity contribution in [3.05, 3.63) is 89.4 Å². The molecule has 1 unspecified atom stereocenters. The Kier molecular flexibility index (Phi) is 7.89. The summed E-state index contributed by atoms with van der Waals surface area (Å²) in [6.07, 6.45) is 0.965. The summed E-state index contributed by atoms with van der Waals surface area (Å²) in [5.41, 5.74) is 3.17. The fourth-order valence-electron chi connectivity index (χ4n) is 3.52. The van der Waals surface area contributed by atoms with Gasteiger partial charge in [0.2, 0.25) is 0 Å². The van der Waals surface area contributed by atoms with E-state index in [4.69, 9.17) is 9.15 Å². The van der Waals surface area contributed by atoms with Crippen LogP contribution in [-0.4, -0.2) is 35.0 Å². The van der Waals surface area contributed by atoms with Gasteiger partial charge in [-0.3, -0.25) is 9.69 Å². The third-order valence-corrected chi connectivity index (χ3v) is 5.34. The predicted octanol–water partition coefficient (Wildman–Crippen LogP) is 5.22. The van der Waals surface area contributed by atoms with Crippen LogP contribution in [0.2, 0.25) is 0 Å². The third kappa shape index (κ3) is 7.08. The van der Waals surface area contributed by atoms with Crippen molar-refractivity contribution in [1.82, 2.24) is 4.90 Å². The Hall–Kier alpha value is -2.89. The lowest BCUT2D eigenvalue weighted by atomic mass is 9.87. The van der Waals surface area contributed by atoms with Gasteiger partial charge in [0.05, 0.1) is 12.8 Å². The highest BCUT2D eigenvalue weighted by Gasteiger charge is 2.17. The van der Waals surface area contributed by atoms with E-state index < -0.39 is 6.10 Å². The average Bonchev–Trinajstić information content (AvgIpc) is 3.25. The molecule has 2 aromatic carbocycles. The van der Waals surface area contributed by atoms with E-state index in [9.17, 15) is 9.90 Å². The minimum absolute atomic E-state index is 0.0156. The summed E-state index contributed by atoms with van der Waals surface area (Å²) in [4.78, 5) is 13.7. The highest BCUT2D eigenvalue weighted by atomic mass is 16.5. The van der Waals surface area contributed by atoms with E-state index in [1.807, 2.05) is 12.1 Å². The predicted molar refractivity (Wildman–Crippen MR) is 126 cm³/mol. The van der Waals surface area contributed by atoms with Gasteiger partial charge in [-0.25, -0.2) is 0 Å². The number of hydrogen-bond acceptors (Lipinski definition) is 5. The van der Waals surface area contributed by atoms with Crippen LogP contribution in [0.3, 0.4) is 0 Å². The molecular weight excluding hydrogens is 402 g/mol. The number of furan rings is 1. The minimum atomic E-state index is -0.695. The number of rotatable bonds is 10. The molecule has 32 heavy (non-hydrogen) atoms. The lowest BCUT2D eigenvalue weighted by Gasteiger charge is -2.25. The first-order chi connectivity index (χ1) is 15.2. The van der Waals surface area contributed by atoms with Gasteiger partial charge in [0.25, 0.3) is 0 Å². The van der Waals surface area contributed by atoms with Gasteiger partial charge in [0.1, 0.15) is 24.2 Å². The van der Waals surface area contributed by atoms with Gasteiger partial charge in [-0.1, -0.05) is 57.2 Å². The average molecular weight is 436 g/mol. The standard InChI is InChI=1S/C27H33NO4/c1-20(29)22-7-5-8-25(15-22)32-19-24(30)17-28(18-26-9-6-14-31-26)16-21-10-12-23(13-11-21)27(2,3)4/h5-15,24,30H,16-19H2,1-4H3. The molecule has 0 saturated heterocycles. The number of aliphatic hydroxyl groups is 1. The molecule has 0 spiro atoms. The van der Waals surface area contributed by atoms with Crippen LogP contribution in [0.4, 0.5) is 0 Å². The lowest BCUT2D eigenvalue weighted by molar-refractivity contribution is 0.0604. The summed E-state index contributed by atoms with van der Waals surface area (Å²) in [5.74, 6) is 1.41. The van der Waals surface area contributed by atoms with Crippen LogP contribution in [0.5, 0.6) is 5.75 Å². The Morgan fingerprint density at radius 1 is 1.06 bits per heavy atom. The molecule has 0 aliphatic rings. The Bertz CT molecular complexity index is 987. The second-order valence-electron chi connectivity index (χ2n) is 9.24. The van der Waals surface area contributed by atoms with Gasteiger partial charge in [0.15, 0.2) is 5.78 Å². The zero-order valence-electron chi connectivity index (χ0n) is 19.4. The molecule has 0 saturated carbocycles. The second-order valence-corrected chi connectivity index (χ2v) is 9.24. The van der Waals surface area contributed by atoms with Crippen LogP contribution in [0, 0.1) is 0 Å². The van der Waals surface area contributed by atoms with Crippen LogP contribution < -0.4 is 4.74 Å². The first kappa shape index (κ1) is 23.8. The van der Waals surface area contributed by atoms with Crippen LogP contribution in [0.15, 0.2) is 71.3 Å². The van der Waals surface area contributed by atoms with E-state index >= 15 is 0 Å². The van der Waals surface area contributed by atoms with E-state index in [0.717, 1.165) is 5.76 Å². The van der Waals surface area contributed by atoms with E-state index in [1.165, 1.54) is 18.1 Å². The quantitative estimate of drug-likeness (QED) is 0.442. The van der Waals surface area contributed by atoms with Gasteiger partial charge in [-0.05, 0) is 47.7 Å². The Morgan fingerprint density at radius 2 is 1.81 bits per heavy atom. The highest BCUT2D eigenvalue weighted by molar-refractivity contribution is 5.94. The number of aliphatic hydroxyl groups excluding tert-OH is 1. The van der Waals surface area contributed by atoms with Crippen LogP contribution in [-0.2, 0) is 18.5 Å². The van der Waals surface area contributed by atoms with Crippen molar-refractivity contribution >= 4 is 5.78 Å². The molecule has 5 heteroatoms. The van der Waals surface area contributed by atoms with E-state index in [2.05, 4.69) is 49.9 Å². The van der Waals surface area contributed by atoms with E-state index in [1.54, 1.807) is 30.5 Å². The van der Waals surface area contributed by atoms with Crippen molar-refractivity contribution in [2.75, 3.05) is 13.2 Å². The molecule has 0 radical (unpaired) electrons. The van der Waals surface area contributed by atoms with Crippen LogP contribution in [0.25, 0.3) is 0 Å². The molecule has 0 aliphatic carbocycles. The highest BCUT2D eigenvalue weighted by Crippen LogP contribution is 2.23. The minimum Gasteiger partial charge on any atom is -0.491 e. The molecule has 3 rings (SSSR count). The maximum absolute atomic E-state index is 11.6. The number of carbonyl (C=O) groups is 1. The maximum atomic E-state index is 11.6. The smallest absolute Gasteiger partial charge is 0.159 e. The van der Waals surface area contributed by atoms with Crippen molar-refractivity contribution in [3.63, 3.8) is 0 Å². The number of hydrogen-bond donors (Lipinski definition) is 1. The van der Waals surface area contributed by atoms with Gasteiger partial charge in [0, 0.05) is 18.7 Å². The zero-order valence-corrected chi connectivity index (χ0v) is 19.4. The molecule has 1 aromatic heterocycles.